The molecule has 1 aromatic carbocycles. The molecule has 0 radical (unpaired) electrons. The van der Waals surface area contributed by atoms with Gasteiger partial charge in [0.05, 0.1) is 7.11 Å². The van der Waals surface area contributed by atoms with E-state index in [0.29, 0.717) is 11.3 Å². The monoisotopic (exact) mass is 235 g/mol. The summed E-state index contributed by atoms with van der Waals surface area (Å²) in [6.07, 6.45) is 0. The van der Waals surface area contributed by atoms with Gasteiger partial charge < -0.3 is 4.74 Å². The number of ketones is 1. The molecule has 1 heterocycles. The highest BCUT2D eigenvalue weighted by atomic mass is 19.1. The van der Waals surface area contributed by atoms with E-state index in [9.17, 15) is 9.18 Å². The molecule has 0 saturated heterocycles. The maximum Gasteiger partial charge on any atom is 0.182 e. The topological polar surface area (TPSA) is 67.9 Å². The molecule has 6 heteroatoms. The van der Waals surface area contributed by atoms with Gasteiger partial charge >= 0.3 is 0 Å². The molecular formula is C11H10FN3O2. The van der Waals surface area contributed by atoms with E-state index in [1.807, 2.05) is 0 Å². The minimum atomic E-state index is -0.468. The number of rotatable bonds is 3. The number of hydrogen-bond acceptors (Lipinski definition) is 4. The number of hydrogen-bond donors (Lipinski definition) is 1. The fourth-order valence-electron chi connectivity index (χ4n) is 1.48. The van der Waals surface area contributed by atoms with Gasteiger partial charge in [0, 0.05) is 12.5 Å². The predicted molar refractivity (Wildman–Crippen MR) is 58.3 cm³/mol. The van der Waals surface area contributed by atoms with Crippen molar-refractivity contribution in [2.45, 2.75) is 6.92 Å². The molecular weight excluding hydrogens is 225 g/mol. The molecule has 2 aromatic rings. The van der Waals surface area contributed by atoms with E-state index in [4.69, 9.17) is 4.74 Å². The minimum Gasteiger partial charge on any atom is -0.494 e. The molecule has 0 spiro atoms. The highest BCUT2D eigenvalue weighted by molar-refractivity contribution is 5.97. The average Bonchev–Trinajstić information content (AvgIpc) is 2.78. The molecule has 2 rings (SSSR count). The van der Waals surface area contributed by atoms with Crippen molar-refractivity contribution in [1.29, 1.82) is 0 Å². The van der Waals surface area contributed by atoms with Gasteiger partial charge in [-0.2, -0.15) is 15.4 Å². The van der Waals surface area contributed by atoms with Crippen molar-refractivity contribution in [2.24, 2.45) is 0 Å². The zero-order chi connectivity index (χ0) is 12.4. The van der Waals surface area contributed by atoms with E-state index >= 15 is 0 Å². The van der Waals surface area contributed by atoms with Crippen molar-refractivity contribution in [3.63, 3.8) is 0 Å². The summed E-state index contributed by atoms with van der Waals surface area (Å²) in [6, 6.07) is 4.24. The van der Waals surface area contributed by atoms with Crippen LogP contribution in [0.25, 0.3) is 11.3 Å². The van der Waals surface area contributed by atoms with Crippen LogP contribution in [0.5, 0.6) is 5.75 Å². The van der Waals surface area contributed by atoms with E-state index in [-0.39, 0.29) is 17.2 Å². The summed E-state index contributed by atoms with van der Waals surface area (Å²) in [4.78, 5) is 11.3. The number of carbonyl (C=O) groups excluding carboxylic acids is 1. The van der Waals surface area contributed by atoms with Crippen LogP contribution in [0.2, 0.25) is 0 Å². The van der Waals surface area contributed by atoms with E-state index in [2.05, 4.69) is 15.4 Å². The molecule has 88 valence electrons. The van der Waals surface area contributed by atoms with Gasteiger partial charge in [0.1, 0.15) is 5.69 Å². The highest BCUT2D eigenvalue weighted by Gasteiger charge is 2.15. The number of aromatic amines is 1. The lowest BCUT2D eigenvalue weighted by atomic mass is 10.1. The molecule has 0 atom stereocenters. The van der Waals surface area contributed by atoms with Crippen molar-refractivity contribution < 1.29 is 13.9 Å². The standard InChI is InChI=1S/C11H10FN3O2/c1-6(16)10-11(14-15-13-10)7-3-4-8(12)9(5-7)17-2/h3-5H,1-2H3,(H,13,14,15). The Labute approximate surface area is 96.6 Å². The lowest BCUT2D eigenvalue weighted by Crippen LogP contribution is -1.96. The Morgan fingerprint density at radius 3 is 2.82 bits per heavy atom. The van der Waals surface area contributed by atoms with Gasteiger partial charge in [0.15, 0.2) is 23.0 Å². The quantitative estimate of drug-likeness (QED) is 0.824. The number of Topliss-reactive ketones (excluding diaryl/α,β-unsaturated/α-hetero) is 1. The molecule has 1 aromatic heterocycles. The molecule has 0 aliphatic rings. The number of halogens is 1. The maximum absolute atomic E-state index is 13.2. The number of methoxy groups -OCH3 is 1. The van der Waals surface area contributed by atoms with Crippen molar-refractivity contribution in [3.8, 4) is 17.0 Å². The summed E-state index contributed by atoms with van der Waals surface area (Å²) in [7, 11) is 1.37. The van der Waals surface area contributed by atoms with E-state index in [0.717, 1.165) is 0 Å². The first-order valence-corrected chi connectivity index (χ1v) is 4.89. The second-order valence-electron chi connectivity index (χ2n) is 3.43. The number of aromatic nitrogens is 3. The average molecular weight is 235 g/mol. The Bertz CT molecular complexity index is 566. The molecule has 0 aliphatic carbocycles. The van der Waals surface area contributed by atoms with Crippen LogP contribution in [-0.4, -0.2) is 28.3 Å². The Balaban J connectivity index is 2.53. The first-order valence-electron chi connectivity index (χ1n) is 4.89. The zero-order valence-electron chi connectivity index (χ0n) is 9.32. The molecule has 0 amide bonds. The van der Waals surface area contributed by atoms with Crippen LogP contribution in [-0.2, 0) is 0 Å². The first-order chi connectivity index (χ1) is 8.13. The normalized spacial score (nSPS) is 10.3. The number of benzene rings is 1. The molecule has 0 unspecified atom stereocenters. The fourth-order valence-corrected chi connectivity index (χ4v) is 1.48. The van der Waals surface area contributed by atoms with Crippen molar-refractivity contribution >= 4 is 5.78 Å². The van der Waals surface area contributed by atoms with Crippen LogP contribution in [0.3, 0.4) is 0 Å². The third-order valence-corrected chi connectivity index (χ3v) is 2.31. The van der Waals surface area contributed by atoms with Crippen molar-refractivity contribution in [2.75, 3.05) is 7.11 Å². The van der Waals surface area contributed by atoms with E-state index < -0.39 is 5.82 Å². The van der Waals surface area contributed by atoms with Gasteiger partial charge in [-0.05, 0) is 18.2 Å². The lowest BCUT2D eigenvalue weighted by Gasteiger charge is -2.04. The number of nitrogens with zero attached hydrogens (tertiary/aromatic N) is 2. The molecule has 5 nitrogen and oxygen atoms in total. The highest BCUT2D eigenvalue weighted by Crippen LogP contribution is 2.26. The molecule has 0 saturated carbocycles. The number of H-pyrrole nitrogens is 1. The van der Waals surface area contributed by atoms with Crippen LogP contribution in [0.1, 0.15) is 17.4 Å². The molecule has 1 N–H and O–H groups in total. The minimum absolute atomic E-state index is 0.0972. The number of carbonyl (C=O) groups is 1. The number of nitrogens with one attached hydrogen (secondary N) is 1. The van der Waals surface area contributed by atoms with Gasteiger partial charge in [0.25, 0.3) is 0 Å². The van der Waals surface area contributed by atoms with Crippen LogP contribution in [0.15, 0.2) is 18.2 Å². The summed E-state index contributed by atoms with van der Waals surface area (Å²) in [5.74, 6) is -0.582. The summed E-state index contributed by atoms with van der Waals surface area (Å²) in [6.45, 7) is 1.39. The Morgan fingerprint density at radius 2 is 2.18 bits per heavy atom. The summed E-state index contributed by atoms with van der Waals surface area (Å²) in [5, 5.41) is 10.0. The SMILES string of the molecule is COc1cc(-c2n[nH]nc2C(C)=O)ccc1F. The lowest BCUT2D eigenvalue weighted by molar-refractivity contribution is 0.101. The van der Waals surface area contributed by atoms with Gasteiger partial charge in [-0.3, -0.25) is 4.79 Å². The van der Waals surface area contributed by atoms with Crippen LogP contribution < -0.4 is 4.74 Å². The predicted octanol–water partition coefficient (Wildman–Crippen LogP) is 1.82. The van der Waals surface area contributed by atoms with Gasteiger partial charge in [-0.25, -0.2) is 4.39 Å². The van der Waals surface area contributed by atoms with Gasteiger partial charge in [-0.15, -0.1) is 0 Å². The van der Waals surface area contributed by atoms with Crippen LogP contribution in [0, 0.1) is 5.82 Å². The van der Waals surface area contributed by atoms with Crippen LogP contribution in [0.4, 0.5) is 4.39 Å². The molecule has 0 fully saturated rings. The first kappa shape index (κ1) is 11.3. The summed E-state index contributed by atoms with van der Waals surface area (Å²) < 4.78 is 18.1. The molecule has 17 heavy (non-hydrogen) atoms. The third kappa shape index (κ3) is 2.01. The smallest absolute Gasteiger partial charge is 0.182 e. The summed E-state index contributed by atoms with van der Waals surface area (Å²) >= 11 is 0. The molecule has 0 aliphatic heterocycles. The van der Waals surface area contributed by atoms with Crippen molar-refractivity contribution in [3.05, 3.63) is 29.7 Å². The largest absolute Gasteiger partial charge is 0.494 e. The van der Waals surface area contributed by atoms with E-state index in [1.165, 1.54) is 32.2 Å². The third-order valence-electron chi connectivity index (χ3n) is 2.31. The summed E-state index contributed by atoms with van der Waals surface area (Å²) in [5.41, 5.74) is 1.18. The second kappa shape index (κ2) is 4.32. The fraction of sp³-hybridized carbons (Fsp3) is 0.182. The van der Waals surface area contributed by atoms with Crippen LogP contribution >= 0.6 is 0 Å². The Kier molecular flexibility index (Phi) is 2.86. The molecule has 0 bridgehead atoms. The van der Waals surface area contributed by atoms with Crippen molar-refractivity contribution in [1.82, 2.24) is 15.4 Å². The second-order valence-corrected chi connectivity index (χ2v) is 3.43. The Morgan fingerprint density at radius 1 is 1.41 bits per heavy atom. The number of ether oxygens (including phenoxy) is 1. The van der Waals surface area contributed by atoms with Gasteiger partial charge in [0.2, 0.25) is 0 Å². The zero-order valence-corrected chi connectivity index (χ0v) is 9.32. The Hall–Kier alpha value is -2.24. The maximum atomic E-state index is 13.2. The van der Waals surface area contributed by atoms with E-state index in [1.54, 1.807) is 0 Å². The van der Waals surface area contributed by atoms with Gasteiger partial charge in [-0.1, -0.05) is 0 Å².